The summed E-state index contributed by atoms with van der Waals surface area (Å²) in [5.74, 6) is -0.499. The molecule has 7 heteroatoms. The third-order valence-electron chi connectivity index (χ3n) is 6.05. The zero-order valence-electron chi connectivity index (χ0n) is 19.7. The normalized spacial score (nSPS) is 13.9. The van der Waals surface area contributed by atoms with Crippen LogP contribution in [0.1, 0.15) is 48.9 Å². The largest absolute Gasteiger partial charge is 0.445 e. The Morgan fingerprint density at radius 2 is 1.76 bits per heavy atom. The molecule has 178 valence electrons. The average Bonchev–Trinajstić information content (AvgIpc) is 2.81. The molecule has 1 unspecified atom stereocenters. The predicted molar refractivity (Wildman–Crippen MR) is 128 cm³/mol. The van der Waals surface area contributed by atoms with E-state index >= 15 is 0 Å². The molecule has 0 radical (unpaired) electrons. The predicted octanol–water partition coefficient (Wildman–Crippen LogP) is 4.84. The van der Waals surface area contributed by atoms with Crippen LogP contribution in [-0.2, 0) is 29.0 Å². The van der Waals surface area contributed by atoms with Gasteiger partial charge in [-0.05, 0) is 67.3 Å². The van der Waals surface area contributed by atoms with E-state index in [4.69, 9.17) is 13.9 Å². The van der Waals surface area contributed by atoms with Gasteiger partial charge in [-0.1, -0.05) is 44.2 Å². The molecule has 0 saturated heterocycles. The molecule has 4 rings (SSSR count). The molecule has 0 spiro atoms. The van der Waals surface area contributed by atoms with E-state index in [2.05, 4.69) is 5.32 Å². The van der Waals surface area contributed by atoms with Crippen molar-refractivity contribution < 1.29 is 23.5 Å². The van der Waals surface area contributed by atoms with Crippen molar-refractivity contribution in [2.45, 2.75) is 59.1 Å². The Kier molecular flexibility index (Phi) is 7.01. The number of benzene rings is 2. The number of carbonyl (C=O) groups is 2. The highest BCUT2D eigenvalue weighted by molar-refractivity contribution is 5.92. The van der Waals surface area contributed by atoms with Gasteiger partial charge < -0.3 is 19.2 Å². The van der Waals surface area contributed by atoms with Crippen molar-refractivity contribution in [2.75, 3.05) is 0 Å². The summed E-state index contributed by atoms with van der Waals surface area (Å²) in [5.41, 5.74) is 3.27. The smallest absolute Gasteiger partial charge is 0.408 e. The third kappa shape index (κ3) is 5.14. The first-order valence-corrected chi connectivity index (χ1v) is 11.6. The van der Waals surface area contributed by atoms with Gasteiger partial charge in [0, 0.05) is 5.56 Å². The number of nitrogens with one attached hydrogen (secondary N) is 1. The van der Waals surface area contributed by atoms with Gasteiger partial charge in [0.25, 0.3) is 0 Å². The second-order valence-corrected chi connectivity index (χ2v) is 9.04. The number of amides is 1. The van der Waals surface area contributed by atoms with Crippen LogP contribution in [0.3, 0.4) is 0 Å². The number of esters is 1. The highest BCUT2D eigenvalue weighted by Gasteiger charge is 2.29. The van der Waals surface area contributed by atoms with Crippen LogP contribution in [0.4, 0.5) is 4.79 Å². The van der Waals surface area contributed by atoms with Gasteiger partial charge in [0.15, 0.2) is 0 Å². The molecule has 1 aromatic heterocycles. The molecule has 34 heavy (non-hydrogen) atoms. The number of hydrogen-bond donors (Lipinski definition) is 1. The van der Waals surface area contributed by atoms with Crippen LogP contribution in [0.25, 0.3) is 11.0 Å². The molecule has 3 aromatic rings. The van der Waals surface area contributed by atoms with Crippen LogP contribution >= 0.6 is 0 Å². The summed E-state index contributed by atoms with van der Waals surface area (Å²) in [6.07, 6.45) is 2.56. The van der Waals surface area contributed by atoms with Crippen molar-refractivity contribution in [2.24, 2.45) is 5.92 Å². The van der Waals surface area contributed by atoms with Crippen molar-refractivity contribution in [3.63, 3.8) is 0 Å². The molecule has 1 atom stereocenters. The van der Waals surface area contributed by atoms with E-state index in [1.54, 1.807) is 12.1 Å². The summed E-state index contributed by atoms with van der Waals surface area (Å²) < 4.78 is 16.7. The van der Waals surface area contributed by atoms with E-state index in [0.29, 0.717) is 28.7 Å². The molecule has 0 aliphatic heterocycles. The van der Waals surface area contributed by atoms with Gasteiger partial charge in [-0.3, -0.25) is 0 Å². The topological polar surface area (TPSA) is 94.8 Å². The fraction of sp³-hybridized carbons (Fsp3) is 0.370. The summed E-state index contributed by atoms with van der Waals surface area (Å²) in [4.78, 5) is 38.0. The molecule has 1 heterocycles. The lowest BCUT2D eigenvalue weighted by molar-refractivity contribution is -0.137. The summed E-state index contributed by atoms with van der Waals surface area (Å²) in [7, 11) is 0. The maximum atomic E-state index is 13.2. The Hall–Kier alpha value is -3.61. The van der Waals surface area contributed by atoms with Crippen LogP contribution in [0.2, 0.25) is 0 Å². The second-order valence-electron chi connectivity index (χ2n) is 9.04. The Labute approximate surface area is 198 Å². The van der Waals surface area contributed by atoms with Gasteiger partial charge in [0.05, 0.1) is 5.39 Å². The Morgan fingerprint density at radius 3 is 2.47 bits per heavy atom. The molecule has 0 saturated carbocycles. The van der Waals surface area contributed by atoms with Crippen molar-refractivity contribution in [3.8, 4) is 5.75 Å². The van der Waals surface area contributed by atoms with Crippen LogP contribution in [-0.4, -0.2) is 18.1 Å². The highest BCUT2D eigenvalue weighted by Crippen LogP contribution is 2.35. The van der Waals surface area contributed by atoms with Crippen LogP contribution in [0.5, 0.6) is 5.75 Å². The first-order valence-electron chi connectivity index (χ1n) is 11.6. The highest BCUT2D eigenvalue weighted by atomic mass is 16.6. The van der Waals surface area contributed by atoms with Crippen molar-refractivity contribution in [1.82, 2.24) is 5.32 Å². The third-order valence-corrected chi connectivity index (χ3v) is 6.05. The minimum Gasteiger partial charge on any atom is -0.445 e. The first-order chi connectivity index (χ1) is 16.3. The summed E-state index contributed by atoms with van der Waals surface area (Å²) in [6, 6.07) is 11.9. The first kappa shape index (κ1) is 23.5. The fourth-order valence-corrected chi connectivity index (χ4v) is 4.31. The molecule has 1 aliphatic rings. The molecule has 0 bridgehead atoms. The Balaban J connectivity index is 1.56. The lowest BCUT2D eigenvalue weighted by Gasteiger charge is -2.22. The van der Waals surface area contributed by atoms with Gasteiger partial charge in [-0.25, -0.2) is 14.4 Å². The summed E-state index contributed by atoms with van der Waals surface area (Å²) in [5, 5.41) is 3.29. The van der Waals surface area contributed by atoms with Crippen LogP contribution in [0, 0.1) is 12.8 Å². The maximum absolute atomic E-state index is 13.2. The fourth-order valence-electron chi connectivity index (χ4n) is 4.31. The van der Waals surface area contributed by atoms with Crippen LogP contribution < -0.4 is 15.7 Å². The minimum atomic E-state index is -0.912. The zero-order valence-corrected chi connectivity index (χ0v) is 19.7. The number of aryl methyl sites for hydroxylation is 2. The quantitative estimate of drug-likeness (QED) is 0.319. The molecule has 1 aliphatic carbocycles. The molecule has 0 fully saturated rings. The van der Waals surface area contributed by atoms with E-state index in [1.807, 2.05) is 51.1 Å². The molecular weight excluding hydrogens is 434 g/mol. The van der Waals surface area contributed by atoms with E-state index in [9.17, 15) is 14.4 Å². The van der Waals surface area contributed by atoms with E-state index in [0.717, 1.165) is 36.0 Å². The van der Waals surface area contributed by atoms with E-state index in [-0.39, 0.29) is 18.2 Å². The number of carbonyl (C=O) groups excluding carboxylic acids is 2. The number of fused-ring (bicyclic) bond motifs is 3. The number of alkyl carbamates (subject to hydrolysis) is 1. The van der Waals surface area contributed by atoms with E-state index < -0.39 is 18.1 Å². The summed E-state index contributed by atoms with van der Waals surface area (Å²) >= 11 is 0. The SMILES string of the molecule is Cc1cc(OC(=O)C(NC(=O)OCc2ccccc2)C(C)C)c2c3c(c(=O)oc2c1)CCCC3. The average molecular weight is 464 g/mol. The standard InChI is InChI=1S/C27H29NO6/c1-16(2)24(28-27(31)32-15-18-9-5-4-6-10-18)26(30)34-22-14-17(3)13-21-23(22)19-11-7-8-12-20(19)25(29)33-21/h4-6,9-10,13-14,16,24H,7-8,11-12,15H2,1-3H3,(H,28,31). The molecule has 7 nitrogen and oxygen atoms in total. The zero-order chi connectivity index (χ0) is 24.2. The van der Waals surface area contributed by atoms with Gasteiger partial charge in [-0.15, -0.1) is 0 Å². The number of ether oxygens (including phenoxy) is 2. The number of hydrogen-bond acceptors (Lipinski definition) is 6. The number of rotatable bonds is 6. The monoisotopic (exact) mass is 463 g/mol. The minimum absolute atomic E-state index is 0.0974. The molecule has 1 N–H and O–H groups in total. The van der Waals surface area contributed by atoms with E-state index in [1.165, 1.54) is 0 Å². The van der Waals surface area contributed by atoms with Crippen molar-refractivity contribution in [1.29, 1.82) is 0 Å². The van der Waals surface area contributed by atoms with Crippen LogP contribution in [0.15, 0.2) is 51.7 Å². The van der Waals surface area contributed by atoms with Gasteiger partial charge >= 0.3 is 17.7 Å². The van der Waals surface area contributed by atoms with Crippen molar-refractivity contribution in [3.05, 3.63) is 75.1 Å². The lowest BCUT2D eigenvalue weighted by atomic mass is 9.90. The van der Waals surface area contributed by atoms with Crippen molar-refractivity contribution >= 4 is 23.0 Å². The van der Waals surface area contributed by atoms with Gasteiger partial charge in [0.1, 0.15) is 24.0 Å². The van der Waals surface area contributed by atoms with Gasteiger partial charge in [-0.2, -0.15) is 0 Å². The molecular formula is C27H29NO6. The Bertz CT molecular complexity index is 1260. The molecule has 2 aromatic carbocycles. The Morgan fingerprint density at radius 1 is 1.06 bits per heavy atom. The lowest BCUT2D eigenvalue weighted by Crippen LogP contribution is -2.46. The molecule has 1 amide bonds. The van der Waals surface area contributed by atoms with Gasteiger partial charge in [0.2, 0.25) is 0 Å². The maximum Gasteiger partial charge on any atom is 0.408 e. The second kappa shape index (κ2) is 10.1. The summed E-state index contributed by atoms with van der Waals surface area (Å²) in [6.45, 7) is 5.58.